The van der Waals surface area contributed by atoms with Crippen molar-refractivity contribution in [3.05, 3.63) is 21.3 Å². The van der Waals surface area contributed by atoms with Crippen LogP contribution in [0.2, 0.25) is 4.34 Å². The molecule has 7 heteroatoms. The van der Waals surface area contributed by atoms with Crippen molar-refractivity contribution in [3.63, 3.8) is 0 Å². The van der Waals surface area contributed by atoms with Gasteiger partial charge in [0.1, 0.15) is 0 Å². The number of likely N-dealkylation sites (tertiary alicyclic amines) is 1. The molecule has 0 atom stereocenters. The van der Waals surface area contributed by atoms with Crippen LogP contribution in [-0.4, -0.2) is 53.5 Å². The highest BCUT2D eigenvalue weighted by Gasteiger charge is 2.33. The average Bonchev–Trinajstić information content (AvgIpc) is 2.67. The van der Waals surface area contributed by atoms with E-state index >= 15 is 0 Å². The Morgan fingerprint density at radius 1 is 1.53 bits per heavy atom. The molecular weight excluding hydrogens is 288 g/mol. The molecular formula is C12H15ClN2O3S. The molecule has 5 nitrogen and oxygen atoms in total. The number of nitrogens with zero attached hydrogens (tertiary/aromatic N) is 2. The maximum atomic E-state index is 11.9. The molecule has 104 valence electrons. The van der Waals surface area contributed by atoms with Crippen molar-refractivity contribution in [2.45, 2.75) is 6.54 Å². The molecule has 1 amide bonds. The largest absolute Gasteiger partial charge is 0.481 e. The number of carboxylic acid groups (broad SMARTS) is 1. The van der Waals surface area contributed by atoms with Gasteiger partial charge in [0.05, 0.1) is 23.3 Å². The van der Waals surface area contributed by atoms with E-state index in [0.29, 0.717) is 24.0 Å². The summed E-state index contributed by atoms with van der Waals surface area (Å²) in [5, 5.41) is 8.76. The topological polar surface area (TPSA) is 60.9 Å². The molecule has 0 saturated carbocycles. The molecule has 1 fully saturated rings. The van der Waals surface area contributed by atoms with Crippen LogP contribution in [0.25, 0.3) is 0 Å². The summed E-state index contributed by atoms with van der Waals surface area (Å²) in [4.78, 5) is 27.1. The van der Waals surface area contributed by atoms with E-state index in [1.54, 1.807) is 11.9 Å². The zero-order chi connectivity index (χ0) is 14.0. The Labute approximate surface area is 120 Å². The lowest BCUT2D eigenvalue weighted by Gasteiger charge is -2.36. The van der Waals surface area contributed by atoms with Crippen LogP contribution in [0.15, 0.2) is 12.1 Å². The number of carboxylic acids is 1. The second-order valence-corrected chi connectivity index (χ2v) is 6.48. The number of amides is 1. The highest BCUT2D eigenvalue weighted by atomic mass is 35.5. The van der Waals surface area contributed by atoms with E-state index in [1.807, 2.05) is 17.0 Å². The third-order valence-electron chi connectivity index (χ3n) is 3.11. The fourth-order valence-electron chi connectivity index (χ4n) is 1.93. The molecule has 0 unspecified atom stereocenters. The summed E-state index contributed by atoms with van der Waals surface area (Å²) in [5.74, 6) is -1.12. The minimum Gasteiger partial charge on any atom is -0.481 e. The summed E-state index contributed by atoms with van der Waals surface area (Å²) >= 11 is 7.29. The number of aliphatic carboxylic acids is 1. The first-order valence-corrected chi connectivity index (χ1v) is 7.08. The van der Waals surface area contributed by atoms with Crippen molar-refractivity contribution in [2.24, 2.45) is 5.92 Å². The average molecular weight is 303 g/mol. The molecule has 1 aromatic rings. The second-order valence-electron chi connectivity index (χ2n) is 4.68. The van der Waals surface area contributed by atoms with Gasteiger partial charge in [-0.05, 0) is 12.1 Å². The number of thiophene rings is 1. The Morgan fingerprint density at radius 2 is 2.21 bits per heavy atom. The van der Waals surface area contributed by atoms with Crippen molar-refractivity contribution < 1.29 is 14.7 Å². The number of carbonyl (C=O) groups excluding carboxylic acids is 1. The summed E-state index contributed by atoms with van der Waals surface area (Å²) in [6.45, 7) is 1.73. The van der Waals surface area contributed by atoms with E-state index in [4.69, 9.17) is 16.7 Å². The fourth-order valence-corrected chi connectivity index (χ4v) is 3.07. The molecule has 1 saturated heterocycles. The first-order valence-electron chi connectivity index (χ1n) is 5.89. The smallest absolute Gasteiger partial charge is 0.309 e. The molecule has 0 spiro atoms. The van der Waals surface area contributed by atoms with Gasteiger partial charge in [0.2, 0.25) is 5.91 Å². The van der Waals surface area contributed by atoms with Crippen molar-refractivity contribution in [2.75, 3.05) is 26.7 Å². The van der Waals surface area contributed by atoms with E-state index in [1.165, 1.54) is 11.3 Å². The van der Waals surface area contributed by atoms with Crippen LogP contribution in [0.4, 0.5) is 0 Å². The minimum absolute atomic E-state index is 0.00615. The van der Waals surface area contributed by atoms with Gasteiger partial charge in [-0.2, -0.15) is 0 Å². The first-order chi connectivity index (χ1) is 8.95. The van der Waals surface area contributed by atoms with E-state index in [0.717, 1.165) is 4.88 Å². The Balaban J connectivity index is 1.76. The van der Waals surface area contributed by atoms with Gasteiger partial charge in [-0.25, -0.2) is 0 Å². The van der Waals surface area contributed by atoms with E-state index in [9.17, 15) is 9.59 Å². The van der Waals surface area contributed by atoms with Gasteiger partial charge in [0.15, 0.2) is 0 Å². The Bertz CT molecular complexity index is 485. The zero-order valence-corrected chi connectivity index (χ0v) is 12.1. The minimum atomic E-state index is -0.787. The van der Waals surface area contributed by atoms with E-state index in [-0.39, 0.29) is 18.4 Å². The molecule has 1 aliphatic rings. The van der Waals surface area contributed by atoms with Gasteiger partial charge in [-0.1, -0.05) is 11.6 Å². The van der Waals surface area contributed by atoms with Gasteiger partial charge < -0.3 is 10.0 Å². The van der Waals surface area contributed by atoms with Crippen LogP contribution >= 0.6 is 22.9 Å². The van der Waals surface area contributed by atoms with Crippen LogP contribution in [-0.2, 0) is 16.1 Å². The van der Waals surface area contributed by atoms with Crippen molar-refractivity contribution in [3.8, 4) is 0 Å². The fraction of sp³-hybridized carbons (Fsp3) is 0.500. The van der Waals surface area contributed by atoms with Crippen LogP contribution in [0.3, 0.4) is 0 Å². The molecule has 1 aliphatic heterocycles. The van der Waals surface area contributed by atoms with Gasteiger partial charge in [-0.15, -0.1) is 11.3 Å². The summed E-state index contributed by atoms with van der Waals surface area (Å²) < 4.78 is 0.711. The third-order valence-corrected chi connectivity index (χ3v) is 4.33. The van der Waals surface area contributed by atoms with Crippen molar-refractivity contribution >= 4 is 34.8 Å². The van der Waals surface area contributed by atoms with Gasteiger partial charge in [0.25, 0.3) is 0 Å². The highest BCUT2D eigenvalue weighted by molar-refractivity contribution is 7.16. The highest BCUT2D eigenvalue weighted by Crippen LogP contribution is 2.22. The molecule has 19 heavy (non-hydrogen) atoms. The maximum Gasteiger partial charge on any atom is 0.309 e. The van der Waals surface area contributed by atoms with E-state index in [2.05, 4.69) is 0 Å². The summed E-state index contributed by atoms with van der Waals surface area (Å²) in [6, 6.07) is 3.72. The lowest BCUT2D eigenvalue weighted by molar-refractivity contribution is -0.149. The summed E-state index contributed by atoms with van der Waals surface area (Å²) in [7, 11) is 1.74. The summed E-state index contributed by atoms with van der Waals surface area (Å²) in [6.07, 6.45) is 0. The Morgan fingerprint density at radius 3 is 2.74 bits per heavy atom. The number of hydrogen-bond acceptors (Lipinski definition) is 4. The second kappa shape index (κ2) is 5.90. The normalized spacial score (nSPS) is 16.1. The SMILES string of the molecule is CN(Cc1ccc(Cl)s1)C(=O)CN1CC(C(=O)O)C1. The molecule has 0 aliphatic carbocycles. The quantitative estimate of drug-likeness (QED) is 0.892. The monoisotopic (exact) mass is 302 g/mol. The van der Waals surface area contributed by atoms with Crippen LogP contribution in [0, 0.1) is 5.92 Å². The van der Waals surface area contributed by atoms with Gasteiger partial charge in [-0.3, -0.25) is 14.5 Å². The van der Waals surface area contributed by atoms with Gasteiger partial charge in [0, 0.05) is 25.0 Å². The van der Waals surface area contributed by atoms with Crippen molar-refractivity contribution in [1.29, 1.82) is 0 Å². The molecule has 2 heterocycles. The number of rotatable bonds is 5. The molecule has 0 radical (unpaired) electrons. The molecule has 0 bridgehead atoms. The molecule has 1 aromatic heterocycles. The summed E-state index contributed by atoms with van der Waals surface area (Å²) in [5.41, 5.74) is 0. The van der Waals surface area contributed by atoms with Crippen LogP contribution in [0.5, 0.6) is 0 Å². The number of halogens is 1. The predicted molar refractivity (Wildman–Crippen MR) is 73.4 cm³/mol. The zero-order valence-electron chi connectivity index (χ0n) is 10.5. The molecule has 1 N–H and O–H groups in total. The third kappa shape index (κ3) is 3.68. The Hall–Kier alpha value is -1.11. The first kappa shape index (κ1) is 14.3. The predicted octanol–water partition coefficient (Wildman–Crippen LogP) is 1.38. The van der Waals surface area contributed by atoms with E-state index < -0.39 is 5.97 Å². The number of likely N-dealkylation sites (N-methyl/N-ethyl adjacent to an activating group) is 1. The van der Waals surface area contributed by atoms with Crippen molar-refractivity contribution in [1.82, 2.24) is 9.80 Å². The molecule has 2 rings (SSSR count). The van der Waals surface area contributed by atoms with Gasteiger partial charge >= 0.3 is 5.97 Å². The maximum absolute atomic E-state index is 11.9. The van der Waals surface area contributed by atoms with Crippen LogP contribution < -0.4 is 0 Å². The number of hydrogen-bond donors (Lipinski definition) is 1. The Kier molecular flexibility index (Phi) is 4.44. The lowest BCUT2D eigenvalue weighted by Crippen LogP contribution is -2.53. The van der Waals surface area contributed by atoms with Crippen LogP contribution in [0.1, 0.15) is 4.88 Å². The molecule has 0 aromatic carbocycles. The lowest BCUT2D eigenvalue weighted by atomic mass is 10.0. The number of carbonyl (C=O) groups is 2. The standard InChI is InChI=1S/C12H15ClN2O3S/c1-14(6-9-2-3-10(13)19-9)11(16)7-15-4-8(5-15)12(17)18/h2-3,8H,4-7H2,1H3,(H,17,18).